The maximum absolute atomic E-state index is 13.5. The molecule has 2 heterocycles. The molecule has 0 spiro atoms. The summed E-state index contributed by atoms with van der Waals surface area (Å²) < 4.78 is 19.7. The molecule has 0 bridgehead atoms. The van der Waals surface area contributed by atoms with Crippen LogP contribution in [0, 0.1) is 6.61 Å². The molecule has 0 unspecified atom stereocenters. The molecule has 1 aromatic heterocycles. The summed E-state index contributed by atoms with van der Waals surface area (Å²) in [6, 6.07) is 1.38. The topological polar surface area (TPSA) is 90.4 Å². The quantitative estimate of drug-likeness (QED) is 0.742. The number of aliphatic hydroxyl groups is 1. The maximum atomic E-state index is 13.5. The van der Waals surface area contributed by atoms with Gasteiger partial charge in [-0.1, -0.05) is 0 Å². The molecule has 1 fully saturated rings. The third-order valence-corrected chi connectivity index (χ3v) is 2.37. The molecule has 16 heavy (non-hydrogen) atoms. The molecule has 1 aromatic rings. The second kappa shape index (κ2) is 4.18. The van der Waals surface area contributed by atoms with E-state index in [0.717, 1.165) is 11.2 Å². The molecule has 87 valence electrons. The van der Waals surface area contributed by atoms with Crippen LogP contribution in [0.4, 0.5) is 10.2 Å². The molecule has 2 rings (SSSR count). The van der Waals surface area contributed by atoms with E-state index in [9.17, 15) is 9.18 Å². The molecular formula is C9H11FN3O3. The second-order valence-electron chi connectivity index (χ2n) is 3.51. The van der Waals surface area contributed by atoms with Gasteiger partial charge in [0.05, 0.1) is 6.10 Å². The highest BCUT2D eigenvalue weighted by atomic mass is 19.1. The highest BCUT2D eigenvalue weighted by Gasteiger charge is 2.37. The Morgan fingerprint density at radius 2 is 2.50 bits per heavy atom. The second-order valence-corrected chi connectivity index (χ2v) is 3.51. The summed E-state index contributed by atoms with van der Waals surface area (Å²) in [7, 11) is 0. The Bertz CT molecular complexity index is 436. The molecule has 1 radical (unpaired) electrons. The van der Waals surface area contributed by atoms with E-state index in [1.54, 1.807) is 0 Å². The fraction of sp³-hybridized carbons (Fsp3) is 0.444. The van der Waals surface area contributed by atoms with Crippen LogP contribution in [0.2, 0.25) is 0 Å². The van der Waals surface area contributed by atoms with E-state index in [-0.39, 0.29) is 12.2 Å². The van der Waals surface area contributed by atoms with Crippen LogP contribution in [0.3, 0.4) is 0 Å². The number of aliphatic hydroxyl groups excluding tert-OH is 1. The van der Waals surface area contributed by atoms with Crippen molar-refractivity contribution in [3.63, 3.8) is 0 Å². The molecule has 0 aromatic carbocycles. The maximum Gasteiger partial charge on any atom is 0.351 e. The van der Waals surface area contributed by atoms with Gasteiger partial charge in [0.25, 0.3) is 0 Å². The Hall–Kier alpha value is -1.47. The average molecular weight is 228 g/mol. The Morgan fingerprint density at radius 1 is 1.75 bits per heavy atom. The molecule has 1 aliphatic heterocycles. The van der Waals surface area contributed by atoms with E-state index in [0.29, 0.717) is 0 Å². The highest BCUT2D eigenvalue weighted by molar-refractivity contribution is 5.23. The summed E-state index contributed by atoms with van der Waals surface area (Å²) in [5, 5.41) is 8.72. The highest BCUT2D eigenvalue weighted by Crippen LogP contribution is 2.30. The van der Waals surface area contributed by atoms with Crippen molar-refractivity contribution < 1.29 is 14.2 Å². The van der Waals surface area contributed by atoms with Crippen LogP contribution in [-0.2, 0) is 4.74 Å². The number of hydrogen-bond acceptors (Lipinski definition) is 5. The molecule has 0 amide bonds. The van der Waals surface area contributed by atoms with Crippen molar-refractivity contribution >= 4 is 5.82 Å². The fourth-order valence-corrected chi connectivity index (χ4v) is 1.61. The van der Waals surface area contributed by atoms with Gasteiger partial charge in [-0.05, 0) is 6.07 Å². The number of nitrogens with zero attached hydrogens (tertiary/aromatic N) is 2. The fourth-order valence-electron chi connectivity index (χ4n) is 1.61. The Labute approximate surface area is 90.5 Å². The molecule has 6 nitrogen and oxygen atoms in total. The molecule has 3 N–H and O–H groups in total. The first-order valence-electron chi connectivity index (χ1n) is 4.73. The van der Waals surface area contributed by atoms with Crippen LogP contribution in [0.25, 0.3) is 0 Å². The van der Waals surface area contributed by atoms with E-state index in [4.69, 9.17) is 15.6 Å². The van der Waals surface area contributed by atoms with Gasteiger partial charge in [0.2, 0.25) is 0 Å². The predicted molar refractivity (Wildman–Crippen MR) is 52.6 cm³/mol. The SMILES string of the molecule is Nc1ccn([C@@H]2O[C@H]([CH]O)C[C@H]2F)c(=O)n1. The van der Waals surface area contributed by atoms with Crippen molar-refractivity contribution in [1.29, 1.82) is 0 Å². The van der Waals surface area contributed by atoms with Crippen molar-refractivity contribution in [3.8, 4) is 0 Å². The minimum atomic E-state index is -1.36. The largest absolute Gasteiger partial charge is 0.388 e. The lowest BCUT2D eigenvalue weighted by Gasteiger charge is -2.15. The number of alkyl halides is 1. The zero-order valence-corrected chi connectivity index (χ0v) is 8.28. The van der Waals surface area contributed by atoms with Gasteiger partial charge in [0.1, 0.15) is 18.6 Å². The Balaban J connectivity index is 2.28. The lowest BCUT2D eigenvalue weighted by molar-refractivity contribution is -0.0233. The summed E-state index contributed by atoms with van der Waals surface area (Å²) in [6.45, 7) is 0.766. The van der Waals surface area contributed by atoms with Gasteiger partial charge < -0.3 is 15.6 Å². The minimum Gasteiger partial charge on any atom is -0.388 e. The van der Waals surface area contributed by atoms with Gasteiger partial charge in [0, 0.05) is 12.6 Å². The number of ether oxygens (including phenoxy) is 1. The average Bonchev–Trinajstić information content (AvgIpc) is 2.60. The van der Waals surface area contributed by atoms with Crippen molar-refractivity contribution in [2.75, 3.05) is 5.73 Å². The molecule has 0 saturated carbocycles. The van der Waals surface area contributed by atoms with E-state index in [2.05, 4.69) is 4.98 Å². The van der Waals surface area contributed by atoms with Crippen molar-refractivity contribution in [2.45, 2.75) is 24.9 Å². The Kier molecular flexibility index (Phi) is 2.88. The normalized spacial score (nSPS) is 29.5. The number of nitrogens with two attached hydrogens (primary N) is 1. The van der Waals surface area contributed by atoms with E-state index >= 15 is 0 Å². The summed E-state index contributed by atoms with van der Waals surface area (Å²) >= 11 is 0. The number of nitrogen functional groups attached to an aromatic ring is 1. The van der Waals surface area contributed by atoms with Gasteiger partial charge in [-0.15, -0.1) is 0 Å². The lowest BCUT2D eigenvalue weighted by Crippen LogP contribution is -2.30. The molecule has 1 aliphatic rings. The molecule has 0 aliphatic carbocycles. The molecule has 7 heteroatoms. The van der Waals surface area contributed by atoms with E-state index in [1.807, 2.05) is 0 Å². The zero-order chi connectivity index (χ0) is 11.7. The van der Waals surface area contributed by atoms with Crippen LogP contribution in [0.15, 0.2) is 17.1 Å². The predicted octanol–water partition coefficient (Wildman–Crippen LogP) is -0.0146. The number of aromatic nitrogens is 2. The molecular weight excluding hydrogens is 217 g/mol. The summed E-state index contributed by atoms with van der Waals surface area (Å²) in [5.41, 5.74) is 4.63. The van der Waals surface area contributed by atoms with Crippen LogP contribution in [0.1, 0.15) is 12.6 Å². The van der Waals surface area contributed by atoms with Gasteiger partial charge in [0.15, 0.2) is 6.23 Å². The zero-order valence-electron chi connectivity index (χ0n) is 8.28. The van der Waals surface area contributed by atoms with Gasteiger partial charge >= 0.3 is 5.69 Å². The van der Waals surface area contributed by atoms with Gasteiger partial charge in [-0.25, -0.2) is 9.18 Å². The molecule has 3 atom stereocenters. The van der Waals surface area contributed by atoms with E-state index in [1.165, 1.54) is 12.3 Å². The van der Waals surface area contributed by atoms with Gasteiger partial charge in [-0.3, -0.25) is 4.57 Å². The monoisotopic (exact) mass is 228 g/mol. The standard InChI is InChI=1S/C9H11FN3O3/c10-6-3-5(4-14)16-8(6)13-2-1-7(11)12-9(13)15/h1-2,4-6,8,14H,3H2,(H2,11,12,15)/t5-,6+,8+/m0/s1. The first kappa shape index (κ1) is 11.0. The minimum absolute atomic E-state index is 0.0119. The van der Waals surface area contributed by atoms with E-state index < -0.39 is 24.2 Å². The third kappa shape index (κ3) is 1.91. The third-order valence-electron chi connectivity index (χ3n) is 2.37. The van der Waals surface area contributed by atoms with Crippen molar-refractivity contribution in [2.24, 2.45) is 0 Å². The van der Waals surface area contributed by atoms with Crippen molar-refractivity contribution in [1.82, 2.24) is 9.55 Å². The first-order valence-corrected chi connectivity index (χ1v) is 4.73. The lowest BCUT2D eigenvalue weighted by atomic mass is 10.2. The van der Waals surface area contributed by atoms with Crippen LogP contribution in [-0.4, -0.2) is 26.9 Å². The smallest absolute Gasteiger partial charge is 0.351 e. The summed E-state index contributed by atoms with van der Waals surface area (Å²) in [5.74, 6) is 0.0694. The Morgan fingerprint density at radius 3 is 3.06 bits per heavy atom. The summed E-state index contributed by atoms with van der Waals surface area (Å²) in [4.78, 5) is 14.9. The van der Waals surface area contributed by atoms with Crippen LogP contribution < -0.4 is 11.4 Å². The molecule has 1 saturated heterocycles. The number of anilines is 1. The first-order chi connectivity index (χ1) is 7.61. The summed E-state index contributed by atoms with van der Waals surface area (Å²) in [6.07, 6.45) is -1.80. The number of hydrogen-bond donors (Lipinski definition) is 2. The van der Waals surface area contributed by atoms with Crippen LogP contribution >= 0.6 is 0 Å². The number of rotatable bonds is 2. The number of halogens is 1. The van der Waals surface area contributed by atoms with Gasteiger partial charge in [-0.2, -0.15) is 4.98 Å². The van der Waals surface area contributed by atoms with Crippen molar-refractivity contribution in [3.05, 3.63) is 29.4 Å². The van der Waals surface area contributed by atoms with Crippen LogP contribution in [0.5, 0.6) is 0 Å².